The molecule has 7 nitrogen and oxygen atoms in total. The highest BCUT2D eigenvalue weighted by atomic mass is 16.5. The van der Waals surface area contributed by atoms with Gasteiger partial charge < -0.3 is 19.8 Å². The molecule has 3 N–H and O–H groups in total. The quantitative estimate of drug-likeness (QED) is 0.746. The van der Waals surface area contributed by atoms with Crippen molar-refractivity contribution in [3.05, 3.63) is 17.0 Å². The van der Waals surface area contributed by atoms with E-state index < -0.39 is 0 Å². The third kappa shape index (κ3) is 2.14. The summed E-state index contributed by atoms with van der Waals surface area (Å²) in [5, 5.41) is 27.3. The van der Waals surface area contributed by atoms with Crippen LogP contribution in [0.5, 0.6) is 0 Å². The van der Waals surface area contributed by atoms with Crippen LogP contribution in [0.3, 0.4) is 0 Å². The molecular weight excluding hydrogens is 310 g/mol. The van der Waals surface area contributed by atoms with Crippen molar-refractivity contribution in [2.45, 2.75) is 38.7 Å². The molecule has 132 valence electrons. The van der Waals surface area contributed by atoms with Crippen LogP contribution in [-0.2, 0) is 17.8 Å². The van der Waals surface area contributed by atoms with Crippen LogP contribution in [0.4, 0.5) is 0 Å². The van der Waals surface area contributed by atoms with E-state index in [2.05, 4.69) is 10.2 Å². The normalized spacial score (nSPS) is 32.5. The number of fused-ring (bicyclic) bond motifs is 2. The van der Waals surface area contributed by atoms with Crippen LogP contribution in [0.15, 0.2) is 0 Å². The van der Waals surface area contributed by atoms with Gasteiger partial charge in [0, 0.05) is 35.9 Å². The number of aromatic amines is 1. The van der Waals surface area contributed by atoms with Crippen LogP contribution in [0.1, 0.15) is 47.4 Å². The van der Waals surface area contributed by atoms with E-state index in [1.807, 2.05) is 0 Å². The highest BCUT2D eigenvalue weighted by molar-refractivity contribution is 5.94. The lowest BCUT2D eigenvalue weighted by atomic mass is 9.58. The molecule has 1 amide bonds. The van der Waals surface area contributed by atoms with E-state index >= 15 is 0 Å². The number of aromatic nitrogens is 2. The van der Waals surface area contributed by atoms with Crippen LogP contribution in [-0.4, -0.2) is 64.1 Å². The minimum atomic E-state index is -0.380. The van der Waals surface area contributed by atoms with Crippen molar-refractivity contribution < 1.29 is 19.7 Å². The fraction of sp³-hybridized carbons (Fsp3) is 0.765. The Hall–Kier alpha value is -1.44. The molecule has 7 heteroatoms. The van der Waals surface area contributed by atoms with Crippen LogP contribution < -0.4 is 0 Å². The molecule has 1 saturated carbocycles. The van der Waals surface area contributed by atoms with Gasteiger partial charge in [-0.25, -0.2) is 0 Å². The Balaban J connectivity index is 1.63. The van der Waals surface area contributed by atoms with Crippen molar-refractivity contribution in [3.8, 4) is 0 Å². The number of ether oxygens (including phenoxy) is 1. The van der Waals surface area contributed by atoms with Gasteiger partial charge in [-0.1, -0.05) is 12.8 Å². The minimum Gasteiger partial charge on any atom is -0.396 e. The fourth-order valence-electron chi connectivity index (χ4n) is 4.94. The lowest BCUT2D eigenvalue weighted by Gasteiger charge is -2.46. The number of rotatable bonds is 3. The van der Waals surface area contributed by atoms with E-state index in [0.717, 1.165) is 36.9 Å². The summed E-state index contributed by atoms with van der Waals surface area (Å²) in [5.74, 6) is -0.0931. The number of hydrogen-bond acceptors (Lipinski definition) is 5. The summed E-state index contributed by atoms with van der Waals surface area (Å²) in [5.41, 5.74) is 1.56. The first-order valence-electron chi connectivity index (χ1n) is 8.80. The number of carbonyl (C=O) groups is 1. The summed E-state index contributed by atoms with van der Waals surface area (Å²) in [7, 11) is 0. The number of aliphatic hydroxyl groups is 2. The Labute approximate surface area is 141 Å². The molecule has 1 aliphatic carbocycles. The summed E-state index contributed by atoms with van der Waals surface area (Å²) in [6, 6.07) is 0. The summed E-state index contributed by atoms with van der Waals surface area (Å²) in [6.45, 7) is 2.11. The van der Waals surface area contributed by atoms with Gasteiger partial charge in [0.2, 0.25) is 0 Å². The molecule has 0 spiro atoms. The predicted octanol–water partition coefficient (Wildman–Crippen LogP) is 0.470. The number of nitrogens with zero attached hydrogens (tertiary/aromatic N) is 2. The monoisotopic (exact) mass is 335 g/mol. The second-order valence-electron chi connectivity index (χ2n) is 7.58. The maximum atomic E-state index is 13.1. The van der Waals surface area contributed by atoms with Gasteiger partial charge in [0.25, 0.3) is 5.91 Å². The van der Waals surface area contributed by atoms with Crippen LogP contribution >= 0.6 is 0 Å². The van der Waals surface area contributed by atoms with Crippen molar-refractivity contribution in [1.29, 1.82) is 0 Å². The van der Waals surface area contributed by atoms with Crippen LogP contribution in [0, 0.1) is 10.8 Å². The summed E-state index contributed by atoms with van der Waals surface area (Å²) < 4.78 is 5.40. The van der Waals surface area contributed by atoms with Gasteiger partial charge in [-0.3, -0.25) is 9.89 Å². The number of nitrogens with one attached hydrogen (secondary N) is 1. The Morgan fingerprint density at radius 1 is 1.21 bits per heavy atom. The van der Waals surface area contributed by atoms with Gasteiger partial charge in [-0.2, -0.15) is 5.10 Å². The maximum absolute atomic E-state index is 13.1. The highest BCUT2D eigenvalue weighted by Crippen LogP contribution is 2.55. The summed E-state index contributed by atoms with van der Waals surface area (Å²) in [4.78, 5) is 14.9. The standard InChI is InChI=1S/C17H25N3O4/c21-10-16-4-1-2-5-17(16,11-22)9-20(8-16)15(23)14-12-3-6-24-7-13(12)18-19-14/h21-22H,1-11H2,(H,18,19)/t16-,17+. The van der Waals surface area contributed by atoms with Crippen LogP contribution in [0.25, 0.3) is 0 Å². The van der Waals surface area contributed by atoms with Crippen molar-refractivity contribution in [2.75, 3.05) is 32.9 Å². The van der Waals surface area contributed by atoms with Gasteiger partial charge >= 0.3 is 0 Å². The van der Waals surface area contributed by atoms with E-state index in [0.29, 0.717) is 38.4 Å². The molecule has 2 aliphatic heterocycles. The summed E-state index contributed by atoms with van der Waals surface area (Å²) >= 11 is 0. The van der Waals surface area contributed by atoms with Gasteiger partial charge in [-0.15, -0.1) is 0 Å². The molecule has 24 heavy (non-hydrogen) atoms. The number of amides is 1. The zero-order valence-electron chi connectivity index (χ0n) is 13.9. The molecule has 4 rings (SSSR count). The molecule has 3 aliphatic rings. The topological polar surface area (TPSA) is 98.7 Å². The number of H-pyrrole nitrogens is 1. The fourth-order valence-corrected chi connectivity index (χ4v) is 4.94. The molecular formula is C17H25N3O4. The average molecular weight is 335 g/mol. The second kappa shape index (κ2) is 5.82. The Bertz CT molecular complexity index is 624. The SMILES string of the molecule is O=C(c1n[nH]c2c1CCOC2)N1C[C@]2(CO)CCCC[C@]2(CO)C1. The van der Waals surface area contributed by atoms with E-state index in [1.165, 1.54) is 0 Å². The molecule has 1 saturated heterocycles. The third-order valence-electron chi connectivity index (χ3n) is 6.46. The molecule has 3 heterocycles. The third-order valence-corrected chi connectivity index (χ3v) is 6.46. The lowest BCUT2D eigenvalue weighted by Crippen LogP contribution is -2.48. The zero-order valence-corrected chi connectivity index (χ0v) is 13.9. The molecule has 2 atom stereocenters. The predicted molar refractivity (Wildman–Crippen MR) is 85.4 cm³/mol. The average Bonchev–Trinajstić information content (AvgIpc) is 3.21. The number of hydrogen-bond donors (Lipinski definition) is 3. The van der Waals surface area contributed by atoms with Crippen molar-refractivity contribution in [3.63, 3.8) is 0 Å². The van der Waals surface area contributed by atoms with Crippen molar-refractivity contribution in [2.24, 2.45) is 10.8 Å². The summed E-state index contributed by atoms with van der Waals surface area (Å²) in [6.07, 6.45) is 4.50. The van der Waals surface area contributed by atoms with Gasteiger partial charge in [0.05, 0.1) is 32.1 Å². The van der Waals surface area contributed by atoms with E-state index in [4.69, 9.17) is 4.74 Å². The lowest BCUT2D eigenvalue weighted by molar-refractivity contribution is -0.0490. The van der Waals surface area contributed by atoms with E-state index in [9.17, 15) is 15.0 Å². The Morgan fingerprint density at radius 2 is 1.88 bits per heavy atom. The molecule has 1 aromatic rings. The Morgan fingerprint density at radius 3 is 2.50 bits per heavy atom. The van der Waals surface area contributed by atoms with Crippen molar-refractivity contribution >= 4 is 5.91 Å². The maximum Gasteiger partial charge on any atom is 0.274 e. The highest BCUT2D eigenvalue weighted by Gasteiger charge is 2.59. The first-order valence-corrected chi connectivity index (χ1v) is 8.80. The molecule has 0 radical (unpaired) electrons. The second-order valence-corrected chi connectivity index (χ2v) is 7.58. The first-order chi connectivity index (χ1) is 11.6. The zero-order chi connectivity index (χ0) is 16.8. The van der Waals surface area contributed by atoms with Gasteiger partial charge in [0.1, 0.15) is 0 Å². The number of aliphatic hydroxyl groups excluding tert-OH is 2. The van der Waals surface area contributed by atoms with Gasteiger partial charge in [0.15, 0.2) is 5.69 Å². The number of likely N-dealkylation sites (tertiary alicyclic amines) is 1. The molecule has 1 aromatic heterocycles. The van der Waals surface area contributed by atoms with Gasteiger partial charge in [-0.05, 0) is 12.8 Å². The molecule has 0 bridgehead atoms. The van der Waals surface area contributed by atoms with E-state index in [-0.39, 0.29) is 30.0 Å². The number of carbonyl (C=O) groups excluding carboxylic acids is 1. The van der Waals surface area contributed by atoms with E-state index in [1.54, 1.807) is 4.90 Å². The molecule has 2 fully saturated rings. The first kappa shape index (κ1) is 16.1. The molecule has 0 aromatic carbocycles. The van der Waals surface area contributed by atoms with Crippen LogP contribution in [0.2, 0.25) is 0 Å². The van der Waals surface area contributed by atoms with Crippen molar-refractivity contribution in [1.82, 2.24) is 15.1 Å². The Kier molecular flexibility index (Phi) is 3.89. The smallest absolute Gasteiger partial charge is 0.274 e. The molecule has 0 unspecified atom stereocenters. The largest absolute Gasteiger partial charge is 0.396 e. The minimum absolute atomic E-state index is 0.0177.